The molecule has 0 atom stereocenters. The molecule has 0 aliphatic rings. The molecule has 10 heteroatoms. The van der Waals surface area contributed by atoms with E-state index in [0.717, 1.165) is 17.7 Å². The minimum Gasteiger partial charge on any atom is -0.321 e. The van der Waals surface area contributed by atoms with Crippen LogP contribution in [0, 0.1) is 11.6 Å². The average molecular weight is 518 g/mol. The monoisotopic (exact) mass is 517 g/mol. The molecule has 3 aromatic carbocycles. The Morgan fingerprint density at radius 2 is 1.50 bits per heavy atom. The van der Waals surface area contributed by atoms with E-state index in [1.165, 1.54) is 53.8 Å². The number of anilines is 1. The lowest BCUT2D eigenvalue weighted by atomic mass is 10.1. The van der Waals surface area contributed by atoms with Gasteiger partial charge in [0.1, 0.15) is 22.3 Å². The van der Waals surface area contributed by atoms with Crippen LogP contribution >= 0.6 is 11.3 Å². The number of nitrogens with zero attached hydrogens (tertiary/aromatic N) is 2. The number of carbonyl (C=O) groups excluding carboxylic acids is 1. The summed E-state index contributed by atoms with van der Waals surface area (Å²) in [5, 5.41) is 4.80. The molecule has 1 N–H and O–H groups in total. The lowest BCUT2D eigenvalue weighted by Gasteiger charge is -2.22. The van der Waals surface area contributed by atoms with Crippen molar-refractivity contribution in [3.63, 3.8) is 0 Å². The van der Waals surface area contributed by atoms with Gasteiger partial charge in [-0.1, -0.05) is 30.3 Å². The van der Waals surface area contributed by atoms with Crippen LogP contribution in [0.1, 0.15) is 32.2 Å². The second-order valence-corrected chi connectivity index (χ2v) is 9.00. The molecular formula is C26H20F5N3OS. The number of rotatable bonds is 8. The van der Waals surface area contributed by atoms with Gasteiger partial charge in [-0.25, -0.2) is 13.8 Å². The summed E-state index contributed by atoms with van der Waals surface area (Å²) in [7, 11) is 0. The highest BCUT2D eigenvalue weighted by Gasteiger charge is 2.30. The summed E-state index contributed by atoms with van der Waals surface area (Å²) in [5.41, 5.74) is 1.07. The standard InChI is InChI=1S/C26H20F5N3OS/c27-20-6-4-17(5-7-20)13-34(14-18-2-1-3-19(12-18)26(29,30)31)15-24-33-23(16-36-24)25(35)32-22-10-8-21(28)9-11-22/h1-12,16H,13-15H2,(H,32,35). The number of thiazole rings is 1. The Labute approximate surface area is 208 Å². The molecule has 0 bridgehead atoms. The van der Waals surface area contributed by atoms with Gasteiger partial charge in [0.05, 0.1) is 12.1 Å². The summed E-state index contributed by atoms with van der Waals surface area (Å²) in [4.78, 5) is 18.8. The highest BCUT2D eigenvalue weighted by molar-refractivity contribution is 7.09. The number of hydrogen-bond acceptors (Lipinski definition) is 4. The SMILES string of the molecule is O=C(Nc1ccc(F)cc1)c1csc(CN(Cc2ccc(F)cc2)Cc2cccc(C(F)(F)F)c2)n1. The first-order valence-corrected chi connectivity index (χ1v) is 11.7. The van der Waals surface area contributed by atoms with Crippen molar-refractivity contribution >= 4 is 22.9 Å². The van der Waals surface area contributed by atoms with E-state index >= 15 is 0 Å². The highest BCUT2D eigenvalue weighted by Crippen LogP contribution is 2.30. The largest absolute Gasteiger partial charge is 0.416 e. The van der Waals surface area contributed by atoms with Crippen LogP contribution in [-0.4, -0.2) is 15.8 Å². The summed E-state index contributed by atoms with van der Waals surface area (Å²) in [5.74, 6) is -1.28. The molecule has 4 aromatic rings. The molecule has 1 heterocycles. The second-order valence-electron chi connectivity index (χ2n) is 8.06. The fourth-order valence-corrected chi connectivity index (χ4v) is 4.34. The number of nitrogens with one attached hydrogen (secondary N) is 1. The van der Waals surface area contributed by atoms with Gasteiger partial charge in [-0.15, -0.1) is 11.3 Å². The topological polar surface area (TPSA) is 45.2 Å². The zero-order valence-corrected chi connectivity index (χ0v) is 19.5. The van der Waals surface area contributed by atoms with Gasteiger partial charge in [-0.05, 0) is 53.6 Å². The molecule has 0 unspecified atom stereocenters. The summed E-state index contributed by atoms with van der Waals surface area (Å²) in [6.45, 7) is 0.757. The maximum Gasteiger partial charge on any atom is 0.416 e. The molecule has 0 spiro atoms. The first kappa shape index (κ1) is 25.5. The van der Waals surface area contributed by atoms with Crippen LogP contribution in [0.2, 0.25) is 0 Å². The van der Waals surface area contributed by atoms with Crippen molar-refractivity contribution in [2.24, 2.45) is 0 Å². The number of hydrogen-bond donors (Lipinski definition) is 1. The van der Waals surface area contributed by atoms with E-state index in [2.05, 4.69) is 10.3 Å². The molecule has 0 fully saturated rings. The Bertz CT molecular complexity index is 1320. The zero-order chi connectivity index (χ0) is 25.7. The predicted molar refractivity (Wildman–Crippen MR) is 127 cm³/mol. The minimum absolute atomic E-state index is 0.167. The van der Waals surface area contributed by atoms with Gasteiger partial charge in [-0.2, -0.15) is 13.2 Å². The van der Waals surface area contributed by atoms with E-state index in [9.17, 15) is 26.7 Å². The molecule has 0 aliphatic heterocycles. The number of benzene rings is 3. The fourth-order valence-electron chi connectivity index (χ4n) is 3.53. The van der Waals surface area contributed by atoms with Crippen LogP contribution < -0.4 is 5.32 Å². The third-order valence-corrected chi connectivity index (χ3v) is 6.06. The summed E-state index contributed by atoms with van der Waals surface area (Å²) < 4.78 is 66.0. The molecule has 0 saturated heterocycles. The van der Waals surface area contributed by atoms with E-state index in [-0.39, 0.29) is 24.6 Å². The first-order valence-electron chi connectivity index (χ1n) is 10.8. The van der Waals surface area contributed by atoms with Gasteiger partial charge in [0.15, 0.2) is 0 Å². The van der Waals surface area contributed by atoms with E-state index in [4.69, 9.17) is 0 Å². The third kappa shape index (κ3) is 6.96. The van der Waals surface area contributed by atoms with E-state index in [1.807, 2.05) is 4.90 Å². The van der Waals surface area contributed by atoms with Crippen molar-refractivity contribution in [2.75, 3.05) is 5.32 Å². The lowest BCUT2D eigenvalue weighted by Crippen LogP contribution is -2.23. The normalized spacial score (nSPS) is 11.6. The molecule has 186 valence electrons. The molecule has 4 nitrogen and oxygen atoms in total. The van der Waals surface area contributed by atoms with E-state index < -0.39 is 23.5 Å². The molecule has 0 radical (unpaired) electrons. The van der Waals surface area contributed by atoms with Crippen molar-refractivity contribution < 1.29 is 26.7 Å². The van der Waals surface area contributed by atoms with E-state index in [1.54, 1.807) is 23.6 Å². The summed E-state index contributed by atoms with van der Waals surface area (Å²) >= 11 is 1.24. The van der Waals surface area contributed by atoms with Crippen LogP contribution in [0.25, 0.3) is 0 Å². The second kappa shape index (κ2) is 11.0. The van der Waals surface area contributed by atoms with Gasteiger partial charge in [0, 0.05) is 24.2 Å². The minimum atomic E-state index is -4.46. The van der Waals surface area contributed by atoms with Gasteiger partial charge in [-0.3, -0.25) is 9.69 Å². The van der Waals surface area contributed by atoms with Crippen LogP contribution in [0.4, 0.5) is 27.6 Å². The zero-order valence-electron chi connectivity index (χ0n) is 18.7. The molecule has 4 rings (SSSR count). The quantitative estimate of drug-likeness (QED) is 0.259. The summed E-state index contributed by atoms with van der Waals surface area (Å²) in [6.07, 6.45) is -4.46. The number of carbonyl (C=O) groups is 1. The average Bonchev–Trinajstić information content (AvgIpc) is 3.30. The van der Waals surface area contributed by atoms with Crippen molar-refractivity contribution in [1.29, 1.82) is 0 Å². The number of aromatic nitrogens is 1. The number of alkyl halides is 3. The number of halogens is 5. The van der Waals surface area contributed by atoms with Crippen LogP contribution in [0.3, 0.4) is 0 Å². The van der Waals surface area contributed by atoms with Gasteiger partial charge in [0.2, 0.25) is 0 Å². The molecule has 1 aromatic heterocycles. The van der Waals surface area contributed by atoms with Crippen LogP contribution in [0.5, 0.6) is 0 Å². The highest BCUT2D eigenvalue weighted by atomic mass is 32.1. The summed E-state index contributed by atoms with van der Waals surface area (Å²) in [6, 6.07) is 16.2. The fraction of sp³-hybridized carbons (Fsp3) is 0.154. The van der Waals surface area contributed by atoms with Crippen LogP contribution in [-0.2, 0) is 25.8 Å². The molecule has 0 aliphatic carbocycles. The third-order valence-electron chi connectivity index (χ3n) is 5.23. The molecular weight excluding hydrogens is 497 g/mol. The maximum atomic E-state index is 13.3. The Morgan fingerprint density at radius 3 is 2.17 bits per heavy atom. The maximum absolute atomic E-state index is 13.3. The predicted octanol–water partition coefficient (Wildman–Crippen LogP) is 6.89. The first-order chi connectivity index (χ1) is 17.2. The van der Waals surface area contributed by atoms with Gasteiger partial charge in [0.25, 0.3) is 5.91 Å². The van der Waals surface area contributed by atoms with Gasteiger partial charge >= 0.3 is 6.18 Å². The smallest absolute Gasteiger partial charge is 0.321 e. The van der Waals surface area contributed by atoms with Crippen molar-refractivity contribution in [2.45, 2.75) is 25.8 Å². The Hall–Kier alpha value is -3.63. The van der Waals surface area contributed by atoms with E-state index in [0.29, 0.717) is 22.8 Å². The van der Waals surface area contributed by atoms with Crippen molar-refractivity contribution in [1.82, 2.24) is 9.88 Å². The van der Waals surface area contributed by atoms with Crippen molar-refractivity contribution in [3.8, 4) is 0 Å². The molecule has 1 amide bonds. The molecule has 36 heavy (non-hydrogen) atoms. The Balaban J connectivity index is 1.51. The van der Waals surface area contributed by atoms with Gasteiger partial charge < -0.3 is 5.32 Å². The van der Waals surface area contributed by atoms with Crippen molar-refractivity contribution in [3.05, 3.63) is 117 Å². The molecule has 0 saturated carbocycles. The Kier molecular flexibility index (Phi) is 7.76. The lowest BCUT2D eigenvalue weighted by molar-refractivity contribution is -0.137. The van der Waals surface area contributed by atoms with Crippen LogP contribution in [0.15, 0.2) is 78.2 Å². The Morgan fingerprint density at radius 1 is 0.861 bits per heavy atom. The number of amides is 1.